The lowest BCUT2D eigenvalue weighted by Crippen LogP contribution is -2.34. The van der Waals surface area contributed by atoms with E-state index in [4.69, 9.17) is 14.6 Å². The summed E-state index contributed by atoms with van der Waals surface area (Å²) in [4.78, 5) is 18.3. The van der Waals surface area contributed by atoms with Gasteiger partial charge in [0.1, 0.15) is 0 Å². The predicted molar refractivity (Wildman–Crippen MR) is 123 cm³/mol. The SMILES string of the molecule is COc1cccc(CN2CCC[C@@H](c3nn(CCNC(C)=O)c4ncccc34)C2)c1OC. The van der Waals surface area contributed by atoms with E-state index >= 15 is 0 Å². The second kappa shape index (κ2) is 9.99. The van der Waals surface area contributed by atoms with Crippen molar-refractivity contribution in [1.82, 2.24) is 25.0 Å². The summed E-state index contributed by atoms with van der Waals surface area (Å²) in [7, 11) is 3.35. The van der Waals surface area contributed by atoms with Gasteiger partial charge in [0.15, 0.2) is 17.1 Å². The van der Waals surface area contributed by atoms with Crippen LogP contribution in [0.4, 0.5) is 0 Å². The summed E-state index contributed by atoms with van der Waals surface area (Å²) >= 11 is 0. The maximum Gasteiger partial charge on any atom is 0.216 e. The molecule has 1 saturated heterocycles. The summed E-state index contributed by atoms with van der Waals surface area (Å²) in [5.41, 5.74) is 3.09. The molecule has 0 saturated carbocycles. The lowest BCUT2D eigenvalue weighted by molar-refractivity contribution is -0.118. The molecule has 0 radical (unpaired) electrons. The zero-order valence-corrected chi connectivity index (χ0v) is 19.0. The summed E-state index contributed by atoms with van der Waals surface area (Å²) < 4.78 is 13.0. The van der Waals surface area contributed by atoms with Crippen LogP contribution >= 0.6 is 0 Å². The van der Waals surface area contributed by atoms with Crippen LogP contribution in [0.1, 0.15) is 36.9 Å². The number of ether oxygens (including phenoxy) is 2. The quantitative estimate of drug-likeness (QED) is 0.584. The molecule has 1 atom stereocenters. The monoisotopic (exact) mass is 437 g/mol. The van der Waals surface area contributed by atoms with E-state index in [0.717, 1.165) is 66.3 Å². The van der Waals surface area contributed by atoms with Gasteiger partial charge in [0.2, 0.25) is 5.91 Å². The fourth-order valence-corrected chi connectivity index (χ4v) is 4.57. The number of carbonyl (C=O) groups excluding carboxylic acids is 1. The van der Waals surface area contributed by atoms with Crippen molar-refractivity contribution in [3.8, 4) is 11.5 Å². The van der Waals surface area contributed by atoms with Crippen molar-refractivity contribution in [2.24, 2.45) is 0 Å². The lowest BCUT2D eigenvalue weighted by Gasteiger charge is -2.32. The van der Waals surface area contributed by atoms with E-state index in [1.54, 1.807) is 20.4 Å². The second-order valence-corrected chi connectivity index (χ2v) is 8.19. The number of nitrogens with one attached hydrogen (secondary N) is 1. The molecular formula is C24H31N5O3. The minimum atomic E-state index is -0.0365. The minimum Gasteiger partial charge on any atom is -0.493 e. The maximum absolute atomic E-state index is 11.2. The third-order valence-corrected chi connectivity index (χ3v) is 6.00. The zero-order chi connectivity index (χ0) is 22.5. The highest BCUT2D eigenvalue weighted by Crippen LogP contribution is 2.35. The Morgan fingerprint density at radius 3 is 2.88 bits per heavy atom. The molecule has 0 unspecified atom stereocenters. The molecule has 8 nitrogen and oxygen atoms in total. The Morgan fingerprint density at radius 1 is 1.22 bits per heavy atom. The van der Waals surface area contributed by atoms with Crippen LogP contribution in [0.15, 0.2) is 36.5 Å². The van der Waals surface area contributed by atoms with Crippen molar-refractivity contribution in [2.45, 2.75) is 38.8 Å². The molecule has 0 bridgehead atoms. The van der Waals surface area contributed by atoms with E-state index in [0.29, 0.717) is 19.0 Å². The van der Waals surface area contributed by atoms with Gasteiger partial charge in [-0.3, -0.25) is 9.69 Å². The van der Waals surface area contributed by atoms with E-state index in [1.165, 1.54) is 6.92 Å². The van der Waals surface area contributed by atoms with Crippen LogP contribution in [0.25, 0.3) is 11.0 Å². The van der Waals surface area contributed by atoms with Crippen LogP contribution in [-0.2, 0) is 17.9 Å². The van der Waals surface area contributed by atoms with Gasteiger partial charge < -0.3 is 14.8 Å². The molecule has 1 aromatic carbocycles. The molecular weight excluding hydrogens is 406 g/mol. The summed E-state index contributed by atoms with van der Waals surface area (Å²) in [6, 6.07) is 10.1. The summed E-state index contributed by atoms with van der Waals surface area (Å²) in [6.45, 7) is 5.43. The first-order valence-corrected chi connectivity index (χ1v) is 11.1. The van der Waals surface area contributed by atoms with Crippen LogP contribution < -0.4 is 14.8 Å². The Labute approximate surface area is 188 Å². The third-order valence-electron chi connectivity index (χ3n) is 6.00. The lowest BCUT2D eigenvalue weighted by atomic mass is 9.93. The molecule has 1 amide bonds. The summed E-state index contributed by atoms with van der Waals surface area (Å²) in [5, 5.41) is 8.89. The topological polar surface area (TPSA) is 81.5 Å². The molecule has 0 spiro atoms. The van der Waals surface area contributed by atoms with Crippen molar-refractivity contribution >= 4 is 16.9 Å². The van der Waals surface area contributed by atoms with E-state index in [1.807, 2.05) is 22.9 Å². The highest BCUT2D eigenvalue weighted by atomic mass is 16.5. The number of hydrogen-bond acceptors (Lipinski definition) is 6. The van der Waals surface area contributed by atoms with Crippen LogP contribution in [0, 0.1) is 0 Å². The molecule has 1 N–H and O–H groups in total. The van der Waals surface area contributed by atoms with E-state index in [2.05, 4.69) is 27.3 Å². The Bertz CT molecular complexity index is 1080. The van der Waals surface area contributed by atoms with Crippen molar-refractivity contribution in [3.05, 3.63) is 47.8 Å². The maximum atomic E-state index is 11.2. The third kappa shape index (κ3) is 4.70. The molecule has 1 fully saturated rings. The normalized spacial score (nSPS) is 16.8. The largest absolute Gasteiger partial charge is 0.493 e. The fourth-order valence-electron chi connectivity index (χ4n) is 4.57. The molecule has 32 heavy (non-hydrogen) atoms. The number of fused-ring (bicyclic) bond motifs is 1. The highest BCUT2D eigenvalue weighted by molar-refractivity contribution is 5.79. The van der Waals surface area contributed by atoms with Crippen LogP contribution in [-0.4, -0.2) is 59.4 Å². The first kappa shape index (κ1) is 22.1. The van der Waals surface area contributed by atoms with Gasteiger partial charge in [-0.05, 0) is 37.6 Å². The van der Waals surface area contributed by atoms with Crippen LogP contribution in [0.3, 0.4) is 0 Å². The number of benzene rings is 1. The van der Waals surface area contributed by atoms with E-state index < -0.39 is 0 Å². The van der Waals surface area contributed by atoms with Gasteiger partial charge in [-0.1, -0.05) is 12.1 Å². The molecule has 0 aliphatic carbocycles. The van der Waals surface area contributed by atoms with Gasteiger partial charge in [0.25, 0.3) is 0 Å². The second-order valence-electron chi connectivity index (χ2n) is 8.19. The average Bonchev–Trinajstić information content (AvgIpc) is 3.17. The van der Waals surface area contributed by atoms with Crippen molar-refractivity contribution in [3.63, 3.8) is 0 Å². The average molecular weight is 438 g/mol. The number of aromatic nitrogens is 3. The number of hydrogen-bond donors (Lipinski definition) is 1. The van der Waals surface area contributed by atoms with Gasteiger partial charge in [0.05, 0.1) is 26.5 Å². The Morgan fingerprint density at radius 2 is 2.09 bits per heavy atom. The predicted octanol–water partition coefficient (Wildman–Crippen LogP) is 2.96. The molecule has 1 aliphatic rings. The molecule has 3 aromatic rings. The van der Waals surface area contributed by atoms with Crippen molar-refractivity contribution < 1.29 is 14.3 Å². The number of amides is 1. The Kier molecular flexibility index (Phi) is 6.90. The first-order valence-electron chi connectivity index (χ1n) is 11.1. The number of piperidine rings is 1. The standard InChI is InChI=1S/C24H31N5O3/c1-17(30)25-12-14-29-24-20(9-5-11-26-24)22(27-29)18-8-6-13-28(15-18)16-19-7-4-10-21(31-2)23(19)32-3/h4-5,7,9-11,18H,6,8,12-16H2,1-3H3,(H,25,30)/t18-/m1/s1. The number of rotatable bonds is 8. The highest BCUT2D eigenvalue weighted by Gasteiger charge is 2.27. The summed E-state index contributed by atoms with van der Waals surface area (Å²) in [5.74, 6) is 1.85. The Hall–Kier alpha value is -3.13. The van der Waals surface area contributed by atoms with Crippen molar-refractivity contribution in [2.75, 3.05) is 33.9 Å². The molecule has 4 rings (SSSR count). The van der Waals surface area contributed by atoms with Crippen molar-refractivity contribution in [1.29, 1.82) is 0 Å². The molecule has 1 aliphatic heterocycles. The molecule has 3 heterocycles. The number of likely N-dealkylation sites (tertiary alicyclic amines) is 1. The smallest absolute Gasteiger partial charge is 0.216 e. The van der Waals surface area contributed by atoms with Gasteiger partial charge in [-0.15, -0.1) is 0 Å². The van der Waals surface area contributed by atoms with E-state index in [-0.39, 0.29) is 5.91 Å². The van der Waals surface area contributed by atoms with E-state index in [9.17, 15) is 4.79 Å². The number of pyridine rings is 1. The minimum absolute atomic E-state index is 0.0365. The van der Waals surface area contributed by atoms with Gasteiger partial charge in [-0.25, -0.2) is 9.67 Å². The molecule has 8 heteroatoms. The number of methoxy groups -OCH3 is 2. The zero-order valence-electron chi connectivity index (χ0n) is 19.0. The molecule has 2 aromatic heterocycles. The van der Waals surface area contributed by atoms with Gasteiger partial charge >= 0.3 is 0 Å². The van der Waals surface area contributed by atoms with Crippen LogP contribution in [0.5, 0.6) is 11.5 Å². The summed E-state index contributed by atoms with van der Waals surface area (Å²) in [6.07, 6.45) is 4.00. The van der Waals surface area contributed by atoms with Gasteiger partial charge in [-0.2, -0.15) is 5.10 Å². The first-order chi connectivity index (χ1) is 15.6. The number of carbonyl (C=O) groups is 1. The number of nitrogens with zero attached hydrogens (tertiary/aromatic N) is 4. The van der Waals surface area contributed by atoms with Crippen LogP contribution in [0.2, 0.25) is 0 Å². The molecule has 170 valence electrons. The van der Waals surface area contributed by atoms with Gasteiger partial charge in [0, 0.05) is 49.6 Å². The number of para-hydroxylation sites is 1. The Balaban J connectivity index is 1.54. The fraction of sp³-hybridized carbons (Fsp3) is 0.458.